The average molecular weight is 385 g/mol. The van der Waals surface area contributed by atoms with Crippen LogP contribution in [0.3, 0.4) is 0 Å². The summed E-state index contributed by atoms with van der Waals surface area (Å²) in [5, 5.41) is 5.78. The van der Waals surface area contributed by atoms with Crippen LogP contribution >= 0.6 is 0 Å². The molecule has 1 aromatic carbocycles. The van der Waals surface area contributed by atoms with E-state index in [1.165, 1.54) is 0 Å². The second-order valence-electron chi connectivity index (χ2n) is 7.37. The van der Waals surface area contributed by atoms with Crippen LogP contribution in [0.2, 0.25) is 0 Å². The molecule has 1 aliphatic rings. The summed E-state index contributed by atoms with van der Waals surface area (Å²) in [7, 11) is -0.911. The van der Waals surface area contributed by atoms with Crippen LogP contribution in [0.1, 0.15) is 29.4 Å². The summed E-state index contributed by atoms with van der Waals surface area (Å²) in [6, 6.07) is 12.1. The molecule has 0 aliphatic carbocycles. The Morgan fingerprint density at radius 3 is 2.70 bits per heavy atom. The van der Waals surface area contributed by atoms with Crippen molar-refractivity contribution in [2.24, 2.45) is 0 Å². The smallest absolute Gasteiger partial charge is 0.152 e. The SMILES string of the molecule is Cc1nn([C@@H]2CCS(=O)(=O)C2)c(C)c1CN(C)c1ccc2ccccc2n1. The average Bonchev–Trinajstić information content (AvgIpc) is 3.14. The summed E-state index contributed by atoms with van der Waals surface area (Å²) < 4.78 is 25.6. The Hall–Kier alpha value is -2.41. The first-order chi connectivity index (χ1) is 12.8. The van der Waals surface area contributed by atoms with Crippen molar-refractivity contribution >= 4 is 26.6 Å². The normalized spacial score (nSPS) is 18.9. The zero-order valence-electron chi connectivity index (χ0n) is 15.9. The summed E-state index contributed by atoms with van der Waals surface area (Å²) in [5.41, 5.74) is 4.10. The quantitative estimate of drug-likeness (QED) is 0.692. The lowest BCUT2D eigenvalue weighted by molar-refractivity contribution is 0.485. The van der Waals surface area contributed by atoms with Crippen molar-refractivity contribution in [2.45, 2.75) is 32.9 Å². The van der Waals surface area contributed by atoms with Gasteiger partial charge in [-0.05, 0) is 38.5 Å². The lowest BCUT2D eigenvalue weighted by Gasteiger charge is -2.19. The van der Waals surface area contributed by atoms with Crippen LogP contribution < -0.4 is 4.90 Å². The van der Waals surface area contributed by atoms with E-state index in [1.54, 1.807) is 0 Å². The fraction of sp³-hybridized carbons (Fsp3) is 0.400. The number of hydrogen-bond acceptors (Lipinski definition) is 5. The van der Waals surface area contributed by atoms with E-state index in [1.807, 2.05) is 49.8 Å². The first kappa shape index (κ1) is 18.0. The highest BCUT2D eigenvalue weighted by molar-refractivity contribution is 7.91. The maximum absolute atomic E-state index is 11.8. The van der Waals surface area contributed by atoms with E-state index >= 15 is 0 Å². The van der Waals surface area contributed by atoms with Gasteiger partial charge in [-0.1, -0.05) is 18.2 Å². The van der Waals surface area contributed by atoms with Crippen LogP contribution in [-0.4, -0.2) is 41.7 Å². The van der Waals surface area contributed by atoms with E-state index in [-0.39, 0.29) is 17.5 Å². The summed E-state index contributed by atoms with van der Waals surface area (Å²) in [5.74, 6) is 1.35. The Labute approximate surface area is 159 Å². The number of sulfone groups is 1. The van der Waals surface area contributed by atoms with Gasteiger partial charge in [0.05, 0.1) is 28.8 Å². The van der Waals surface area contributed by atoms with E-state index in [0.29, 0.717) is 13.0 Å². The van der Waals surface area contributed by atoms with Crippen molar-refractivity contribution in [3.63, 3.8) is 0 Å². The zero-order chi connectivity index (χ0) is 19.2. The number of benzene rings is 1. The minimum atomic E-state index is -2.93. The van der Waals surface area contributed by atoms with Crippen LogP contribution in [-0.2, 0) is 16.4 Å². The molecule has 6 nitrogen and oxygen atoms in total. The molecular formula is C20H24N4O2S. The van der Waals surface area contributed by atoms with Crippen LogP contribution in [0, 0.1) is 13.8 Å². The summed E-state index contributed by atoms with van der Waals surface area (Å²) in [6.45, 7) is 4.70. The monoisotopic (exact) mass is 384 g/mol. The van der Waals surface area contributed by atoms with Gasteiger partial charge in [-0.25, -0.2) is 13.4 Å². The minimum Gasteiger partial charge on any atom is -0.355 e. The van der Waals surface area contributed by atoms with Crippen LogP contribution in [0.4, 0.5) is 5.82 Å². The molecular weight excluding hydrogens is 360 g/mol. The first-order valence-corrected chi connectivity index (χ1v) is 11.0. The van der Waals surface area contributed by atoms with Gasteiger partial charge in [-0.2, -0.15) is 5.10 Å². The maximum atomic E-state index is 11.8. The summed E-state index contributed by atoms with van der Waals surface area (Å²) in [4.78, 5) is 6.86. The molecule has 1 atom stereocenters. The molecule has 0 amide bonds. The number of aromatic nitrogens is 3. The Kier molecular flexibility index (Phi) is 4.42. The Morgan fingerprint density at radius 2 is 1.96 bits per heavy atom. The predicted octanol–water partition coefficient (Wildman–Crippen LogP) is 3.04. The number of hydrogen-bond donors (Lipinski definition) is 0. The molecule has 2 aromatic heterocycles. The van der Waals surface area contributed by atoms with E-state index in [2.05, 4.69) is 22.1 Å². The van der Waals surface area contributed by atoms with E-state index in [0.717, 1.165) is 33.7 Å². The van der Waals surface area contributed by atoms with Crippen molar-refractivity contribution in [3.05, 3.63) is 53.3 Å². The van der Waals surface area contributed by atoms with Crippen LogP contribution in [0.25, 0.3) is 10.9 Å². The second kappa shape index (κ2) is 6.64. The largest absolute Gasteiger partial charge is 0.355 e. The van der Waals surface area contributed by atoms with Gasteiger partial charge in [0.2, 0.25) is 0 Å². The highest BCUT2D eigenvalue weighted by Gasteiger charge is 2.31. The van der Waals surface area contributed by atoms with E-state index in [4.69, 9.17) is 4.98 Å². The van der Waals surface area contributed by atoms with Crippen molar-refractivity contribution in [1.29, 1.82) is 0 Å². The van der Waals surface area contributed by atoms with Gasteiger partial charge in [-0.15, -0.1) is 0 Å². The molecule has 0 spiro atoms. The first-order valence-electron chi connectivity index (χ1n) is 9.16. The third-order valence-corrected chi connectivity index (χ3v) is 7.15. The predicted molar refractivity (Wildman–Crippen MR) is 108 cm³/mol. The zero-order valence-corrected chi connectivity index (χ0v) is 16.7. The molecule has 4 rings (SSSR count). The number of rotatable bonds is 4. The molecule has 1 aliphatic heterocycles. The fourth-order valence-electron chi connectivity index (χ4n) is 3.84. The number of fused-ring (bicyclic) bond motifs is 1. The topological polar surface area (TPSA) is 68.1 Å². The lowest BCUT2D eigenvalue weighted by atomic mass is 10.1. The van der Waals surface area contributed by atoms with Crippen molar-refractivity contribution in [1.82, 2.24) is 14.8 Å². The number of para-hydroxylation sites is 1. The molecule has 3 aromatic rings. The maximum Gasteiger partial charge on any atom is 0.152 e. The number of pyridine rings is 1. The number of nitrogens with zero attached hydrogens (tertiary/aromatic N) is 4. The van der Waals surface area contributed by atoms with E-state index < -0.39 is 9.84 Å². The Balaban J connectivity index is 1.60. The summed E-state index contributed by atoms with van der Waals surface area (Å²) in [6.07, 6.45) is 0.645. The van der Waals surface area contributed by atoms with Gasteiger partial charge in [0.25, 0.3) is 0 Å². The van der Waals surface area contributed by atoms with Crippen molar-refractivity contribution < 1.29 is 8.42 Å². The minimum absolute atomic E-state index is 0.0495. The number of anilines is 1. The van der Waals surface area contributed by atoms with E-state index in [9.17, 15) is 8.42 Å². The molecule has 27 heavy (non-hydrogen) atoms. The second-order valence-corrected chi connectivity index (χ2v) is 9.60. The molecule has 142 valence electrons. The highest BCUT2D eigenvalue weighted by Crippen LogP contribution is 2.28. The van der Waals surface area contributed by atoms with Gasteiger partial charge in [-0.3, -0.25) is 4.68 Å². The molecule has 1 saturated heterocycles. The Bertz CT molecular complexity index is 1100. The molecule has 0 radical (unpaired) electrons. The molecule has 1 fully saturated rings. The summed E-state index contributed by atoms with van der Waals surface area (Å²) >= 11 is 0. The number of aryl methyl sites for hydroxylation is 1. The van der Waals surface area contributed by atoms with Crippen molar-refractivity contribution in [3.8, 4) is 0 Å². The van der Waals surface area contributed by atoms with Gasteiger partial charge >= 0.3 is 0 Å². The van der Waals surface area contributed by atoms with Gasteiger partial charge in [0, 0.05) is 30.2 Å². The Morgan fingerprint density at radius 1 is 1.19 bits per heavy atom. The standard InChI is InChI=1S/C20H24N4O2S/c1-14-18(15(2)24(22-14)17-10-11-27(25,26)13-17)12-23(3)20-9-8-16-6-4-5-7-19(16)21-20/h4-9,17H,10-13H2,1-3H3/t17-/m1/s1. The molecule has 0 bridgehead atoms. The molecule has 3 heterocycles. The third-order valence-electron chi connectivity index (χ3n) is 5.40. The highest BCUT2D eigenvalue weighted by atomic mass is 32.2. The van der Waals surface area contributed by atoms with Crippen molar-refractivity contribution in [2.75, 3.05) is 23.5 Å². The third kappa shape index (κ3) is 3.43. The molecule has 0 unspecified atom stereocenters. The van der Waals surface area contributed by atoms with Crippen LogP contribution in [0.15, 0.2) is 36.4 Å². The van der Waals surface area contributed by atoms with Gasteiger partial charge in [0.15, 0.2) is 9.84 Å². The fourth-order valence-corrected chi connectivity index (χ4v) is 5.53. The molecule has 7 heteroatoms. The lowest BCUT2D eigenvalue weighted by Crippen LogP contribution is -2.19. The van der Waals surface area contributed by atoms with Crippen LogP contribution in [0.5, 0.6) is 0 Å². The van der Waals surface area contributed by atoms with Gasteiger partial charge < -0.3 is 4.90 Å². The molecule has 0 saturated carbocycles. The van der Waals surface area contributed by atoms with Gasteiger partial charge in [0.1, 0.15) is 5.82 Å². The molecule has 0 N–H and O–H groups in total.